The van der Waals surface area contributed by atoms with Crippen molar-refractivity contribution in [1.82, 2.24) is 4.90 Å². The van der Waals surface area contributed by atoms with Crippen LogP contribution in [0, 0.1) is 5.92 Å². The number of fused-ring (bicyclic) bond motifs is 1. The summed E-state index contributed by atoms with van der Waals surface area (Å²) < 4.78 is -0.779. The Morgan fingerprint density at radius 3 is 1.93 bits per heavy atom. The average molecular weight is 412 g/mol. The quantitative estimate of drug-likeness (QED) is 0.738. The van der Waals surface area contributed by atoms with E-state index in [1.165, 1.54) is 16.7 Å². The Kier molecular flexibility index (Phi) is 4.74. The minimum atomic E-state index is -1.48. The molecule has 4 atom stereocenters. The lowest BCUT2D eigenvalue weighted by Gasteiger charge is -2.53. The third kappa shape index (κ3) is 2.66. The molecule has 5 nitrogen and oxygen atoms in total. The highest BCUT2D eigenvalue weighted by atomic mass is 32.2. The third-order valence-corrected chi connectivity index (χ3v) is 7.97. The van der Waals surface area contributed by atoms with E-state index in [9.17, 15) is 19.8 Å². The van der Waals surface area contributed by atoms with Crippen LogP contribution in [0.4, 0.5) is 0 Å². The third-order valence-electron chi connectivity index (χ3n) is 6.33. The molecule has 2 saturated heterocycles. The molecule has 0 aliphatic carbocycles. The second kappa shape index (κ2) is 6.89. The van der Waals surface area contributed by atoms with Crippen LogP contribution in [-0.2, 0) is 9.59 Å². The maximum atomic E-state index is 13.1. The molecule has 4 rings (SSSR count). The van der Waals surface area contributed by atoms with Crippen LogP contribution in [-0.4, -0.2) is 48.8 Å². The molecule has 2 fully saturated rings. The number of benzene rings is 2. The van der Waals surface area contributed by atoms with Crippen LogP contribution >= 0.6 is 11.8 Å². The van der Waals surface area contributed by atoms with Crippen LogP contribution in [0.5, 0.6) is 0 Å². The first-order chi connectivity index (χ1) is 13.7. The fraction of sp³-hybridized carbons (Fsp3) is 0.391. The molecule has 2 aliphatic rings. The Morgan fingerprint density at radius 2 is 1.52 bits per heavy atom. The summed E-state index contributed by atoms with van der Waals surface area (Å²) in [6.45, 7) is 5.39. The normalized spacial score (nSPS) is 28.7. The molecule has 29 heavy (non-hydrogen) atoms. The fourth-order valence-electron chi connectivity index (χ4n) is 5.05. The van der Waals surface area contributed by atoms with Crippen LogP contribution in [0.15, 0.2) is 60.7 Å². The molecule has 2 heterocycles. The topological polar surface area (TPSA) is 77.8 Å². The van der Waals surface area contributed by atoms with Crippen molar-refractivity contribution < 1.29 is 19.8 Å². The molecule has 2 aromatic carbocycles. The van der Waals surface area contributed by atoms with Gasteiger partial charge in [0.15, 0.2) is 5.54 Å². The minimum absolute atomic E-state index is 0.290. The van der Waals surface area contributed by atoms with Crippen LogP contribution in [0.3, 0.4) is 0 Å². The highest BCUT2D eigenvalue weighted by Gasteiger charge is 2.75. The highest BCUT2D eigenvalue weighted by molar-refractivity contribution is 8.01. The number of β-lactam (4-membered cyclic amide) rings is 1. The van der Waals surface area contributed by atoms with Crippen molar-refractivity contribution in [3.8, 4) is 0 Å². The van der Waals surface area contributed by atoms with Gasteiger partial charge >= 0.3 is 5.97 Å². The standard InChI is InChI=1S/C23H25NO4S/c1-14(25)17-19(26)24-20(17)29-22(2,3)23(24,21(27)28)18(15-10-6-4-7-11-15)16-12-8-5-9-13-16/h4-14,17-18,20,25H,1-3H3,(H,27,28)/t14?,17-,20-,23+/m1/s1. The number of carbonyl (C=O) groups excluding carboxylic acids is 1. The first-order valence-corrected chi connectivity index (χ1v) is 10.6. The number of thioether (sulfide) groups is 1. The number of carboxylic acid groups (broad SMARTS) is 1. The largest absolute Gasteiger partial charge is 0.479 e. The van der Waals surface area contributed by atoms with E-state index in [4.69, 9.17) is 0 Å². The van der Waals surface area contributed by atoms with Gasteiger partial charge in [-0.3, -0.25) is 4.79 Å². The molecule has 2 N–H and O–H groups in total. The molecule has 6 heteroatoms. The fourth-order valence-corrected chi connectivity index (χ4v) is 7.00. The summed E-state index contributed by atoms with van der Waals surface area (Å²) in [5.41, 5.74) is 0.223. The Hall–Kier alpha value is -2.31. The van der Waals surface area contributed by atoms with Crippen molar-refractivity contribution in [2.75, 3.05) is 0 Å². The number of carbonyl (C=O) groups is 2. The SMILES string of the molecule is CC(O)[C@@H]1C(=O)N2[C@@H]1SC(C)(C)[C@@]2(C(=O)O)C(c1ccccc1)c1ccccc1. The van der Waals surface area contributed by atoms with E-state index in [2.05, 4.69) is 0 Å². The van der Waals surface area contributed by atoms with E-state index < -0.39 is 34.2 Å². The number of aliphatic hydroxyl groups excluding tert-OH is 1. The van der Waals surface area contributed by atoms with Crippen molar-refractivity contribution in [3.63, 3.8) is 0 Å². The molecular formula is C23H25NO4S. The van der Waals surface area contributed by atoms with Gasteiger partial charge in [0.05, 0.1) is 17.4 Å². The average Bonchev–Trinajstić information content (AvgIpc) is 2.88. The van der Waals surface area contributed by atoms with Gasteiger partial charge in [-0.1, -0.05) is 60.7 Å². The van der Waals surface area contributed by atoms with Crippen molar-refractivity contribution in [3.05, 3.63) is 71.8 Å². The molecule has 0 bridgehead atoms. The number of hydrogen-bond donors (Lipinski definition) is 2. The van der Waals surface area contributed by atoms with Gasteiger partial charge in [0.25, 0.3) is 0 Å². The van der Waals surface area contributed by atoms with Crippen molar-refractivity contribution in [2.45, 2.75) is 48.5 Å². The zero-order valence-electron chi connectivity index (χ0n) is 16.6. The van der Waals surface area contributed by atoms with Gasteiger partial charge in [0.2, 0.25) is 5.91 Å². The number of amides is 1. The maximum Gasteiger partial charge on any atom is 0.332 e. The van der Waals surface area contributed by atoms with Gasteiger partial charge in [0, 0.05) is 10.7 Å². The molecule has 2 aromatic rings. The summed E-state index contributed by atoms with van der Waals surface area (Å²) in [4.78, 5) is 27.7. The predicted octanol–water partition coefficient (Wildman–Crippen LogP) is 3.33. The molecule has 2 aliphatic heterocycles. The smallest absolute Gasteiger partial charge is 0.332 e. The van der Waals surface area contributed by atoms with Gasteiger partial charge < -0.3 is 15.1 Å². The summed E-state index contributed by atoms with van der Waals surface area (Å²) in [6, 6.07) is 19.1. The van der Waals surface area contributed by atoms with E-state index in [0.29, 0.717) is 0 Å². The van der Waals surface area contributed by atoms with Crippen LogP contribution in [0.1, 0.15) is 37.8 Å². The van der Waals surface area contributed by atoms with E-state index in [0.717, 1.165) is 11.1 Å². The summed E-state index contributed by atoms with van der Waals surface area (Å²) in [6.07, 6.45) is -0.816. The molecule has 152 valence electrons. The molecule has 1 unspecified atom stereocenters. The Bertz CT molecular complexity index is 891. The number of rotatable bonds is 5. The van der Waals surface area contributed by atoms with Crippen LogP contribution < -0.4 is 0 Å². The van der Waals surface area contributed by atoms with E-state index in [-0.39, 0.29) is 11.3 Å². The number of nitrogens with zero attached hydrogens (tertiary/aromatic N) is 1. The summed E-state index contributed by atoms with van der Waals surface area (Å²) >= 11 is 1.47. The lowest BCUT2D eigenvalue weighted by molar-refractivity contribution is -0.180. The lowest BCUT2D eigenvalue weighted by atomic mass is 9.65. The lowest BCUT2D eigenvalue weighted by Crippen LogP contribution is -2.73. The van der Waals surface area contributed by atoms with Crippen LogP contribution in [0.25, 0.3) is 0 Å². The number of aliphatic carboxylic acids is 1. The van der Waals surface area contributed by atoms with Gasteiger partial charge in [-0.05, 0) is 31.9 Å². The van der Waals surface area contributed by atoms with Gasteiger partial charge in [-0.2, -0.15) is 0 Å². The second-order valence-electron chi connectivity index (χ2n) is 8.32. The maximum absolute atomic E-state index is 13.1. The summed E-state index contributed by atoms with van der Waals surface area (Å²) in [5.74, 6) is -2.43. The number of carboxylic acids is 1. The highest BCUT2D eigenvalue weighted by Crippen LogP contribution is 2.64. The second-order valence-corrected chi connectivity index (χ2v) is 10.1. The molecule has 1 amide bonds. The zero-order chi connectivity index (χ0) is 21.0. The van der Waals surface area contributed by atoms with E-state index in [1.54, 1.807) is 6.92 Å². The number of hydrogen-bond acceptors (Lipinski definition) is 4. The Labute approximate surface area is 174 Å². The Balaban J connectivity index is 1.97. The minimum Gasteiger partial charge on any atom is -0.479 e. The van der Waals surface area contributed by atoms with Gasteiger partial charge in [-0.15, -0.1) is 11.8 Å². The molecule has 0 spiro atoms. The summed E-state index contributed by atoms with van der Waals surface area (Å²) in [5, 5.41) is 20.5. The summed E-state index contributed by atoms with van der Waals surface area (Å²) in [7, 11) is 0. The molecule has 0 aromatic heterocycles. The first-order valence-electron chi connectivity index (χ1n) is 9.76. The van der Waals surface area contributed by atoms with Crippen molar-refractivity contribution in [1.29, 1.82) is 0 Å². The van der Waals surface area contributed by atoms with Crippen molar-refractivity contribution >= 4 is 23.6 Å². The van der Waals surface area contributed by atoms with Gasteiger partial charge in [-0.25, -0.2) is 4.79 Å². The predicted molar refractivity (Wildman–Crippen MR) is 113 cm³/mol. The monoisotopic (exact) mass is 411 g/mol. The van der Waals surface area contributed by atoms with E-state index >= 15 is 0 Å². The zero-order valence-corrected chi connectivity index (χ0v) is 17.5. The van der Waals surface area contributed by atoms with Gasteiger partial charge in [0.1, 0.15) is 0 Å². The molecule has 0 radical (unpaired) electrons. The van der Waals surface area contributed by atoms with Crippen molar-refractivity contribution in [2.24, 2.45) is 5.92 Å². The Morgan fingerprint density at radius 1 is 1.03 bits per heavy atom. The molecule has 0 saturated carbocycles. The molecular weight excluding hydrogens is 386 g/mol. The van der Waals surface area contributed by atoms with E-state index in [1.807, 2.05) is 74.5 Å². The first kappa shape index (κ1) is 20.0. The van der Waals surface area contributed by atoms with Crippen LogP contribution in [0.2, 0.25) is 0 Å². The number of aliphatic hydroxyl groups is 1.